The van der Waals surface area contributed by atoms with Crippen molar-refractivity contribution in [2.24, 2.45) is 45.3 Å². The van der Waals surface area contributed by atoms with Gasteiger partial charge in [-0.05, 0) is 88.5 Å². The molecule has 1 aliphatic heterocycles. The molecule has 0 amide bonds. The molecule has 9 atom stereocenters. The number of aldehydes is 1. The Morgan fingerprint density at radius 1 is 1.06 bits per heavy atom. The lowest BCUT2D eigenvalue weighted by Crippen LogP contribution is -2.69. The van der Waals surface area contributed by atoms with E-state index in [-0.39, 0.29) is 45.9 Å². The molecular weight excluding hydrogens is 440 g/mol. The maximum Gasteiger partial charge on any atom is 0.169 e. The minimum atomic E-state index is -0.816. The lowest BCUT2D eigenvalue weighted by atomic mass is 9.36. The average molecular weight is 483 g/mol. The molecule has 5 rings (SSSR count). The van der Waals surface area contributed by atoms with E-state index < -0.39 is 22.5 Å². The second-order valence-corrected chi connectivity index (χ2v) is 13.8. The van der Waals surface area contributed by atoms with E-state index in [2.05, 4.69) is 20.8 Å². The van der Waals surface area contributed by atoms with Crippen LogP contribution in [0.2, 0.25) is 0 Å². The number of ketones is 3. The Morgan fingerprint density at radius 3 is 2.37 bits per heavy atom. The SMILES string of the molecule is CC(C)=CC(=O)C[C@@H](C)[C@H]1CC[C@@]2(C)[C@@H]3C(=O)[C@@H]4O[C@]45[C@@H](CCC(=O)C5(C)C)[C@]3(C=O)CC[C@]12C. The van der Waals surface area contributed by atoms with Crippen molar-refractivity contribution in [3.8, 4) is 0 Å². The largest absolute Gasteiger partial charge is 0.356 e. The summed E-state index contributed by atoms with van der Waals surface area (Å²) >= 11 is 0. The summed E-state index contributed by atoms with van der Waals surface area (Å²) in [5, 5.41) is 0. The van der Waals surface area contributed by atoms with Gasteiger partial charge in [0, 0.05) is 30.1 Å². The topological polar surface area (TPSA) is 80.8 Å². The lowest BCUT2D eigenvalue weighted by molar-refractivity contribution is -0.187. The molecule has 1 saturated heterocycles. The molecule has 0 aromatic carbocycles. The van der Waals surface area contributed by atoms with Gasteiger partial charge in [-0.25, -0.2) is 0 Å². The van der Waals surface area contributed by atoms with E-state index in [1.807, 2.05) is 27.7 Å². The second-order valence-electron chi connectivity index (χ2n) is 13.8. The molecule has 0 N–H and O–H groups in total. The van der Waals surface area contributed by atoms with E-state index in [1.54, 1.807) is 6.08 Å². The Morgan fingerprint density at radius 2 is 1.74 bits per heavy atom. The first-order chi connectivity index (χ1) is 16.2. The fourth-order valence-electron chi connectivity index (χ4n) is 10.0. The van der Waals surface area contributed by atoms with Crippen LogP contribution in [0.3, 0.4) is 0 Å². The highest BCUT2D eigenvalue weighted by Crippen LogP contribution is 2.78. The van der Waals surface area contributed by atoms with E-state index in [1.165, 1.54) is 0 Å². The van der Waals surface area contributed by atoms with E-state index in [4.69, 9.17) is 4.74 Å². The number of carbonyl (C=O) groups excluding carboxylic acids is 4. The number of ether oxygens (including phenoxy) is 1. The second kappa shape index (κ2) is 7.46. The molecule has 4 aliphatic carbocycles. The third kappa shape index (κ3) is 2.85. The van der Waals surface area contributed by atoms with Crippen LogP contribution < -0.4 is 0 Å². The van der Waals surface area contributed by atoms with Crippen molar-refractivity contribution in [3.05, 3.63) is 11.6 Å². The Hall–Kier alpha value is -1.62. The summed E-state index contributed by atoms with van der Waals surface area (Å²) in [6.07, 6.45) is 7.26. The molecule has 5 aliphatic rings. The predicted octanol–water partition coefficient (Wildman–Crippen LogP) is 5.29. The Kier molecular flexibility index (Phi) is 5.34. The molecule has 0 radical (unpaired) electrons. The molecule has 4 saturated carbocycles. The lowest BCUT2D eigenvalue weighted by Gasteiger charge is -2.64. The molecule has 192 valence electrons. The fourth-order valence-corrected chi connectivity index (χ4v) is 10.0. The summed E-state index contributed by atoms with van der Waals surface area (Å²) in [6.45, 7) is 14.5. The molecule has 5 nitrogen and oxygen atoms in total. The highest BCUT2D eigenvalue weighted by atomic mass is 16.6. The minimum Gasteiger partial charge on any atom is -0.356 e. The molecule has 5 fully saturated rings. The van der Waals surface area contributed by atoms with Crippen molar-refractivity contribution in [1.29, 1.82) is 0 Å². The van der Waals surface area contributed by atoms with Crippen LogP contribution in [0.25, 0.3) is 0 Å². The maximum atomic E-state index is 14.2. The van der Waals surface area contributed by atoms with Crippen LogP contribution in [0.4, 0.5) is 0 Å². The highest BCUT2D eigenvalue weighted by Gasteiger charge is 2.85. The summed E-state index contributed by atoms with van der Waals surface area (Å²) < 4.78 is 6.30. The Balaban J connectivity index is 1.53. The molecule has 5 heteroatoms. The van der Waals surface area contributed by atoms with Crippen molar-refractivity contribution in [2.75, 3.05) is 0 Å². The van der Waals surface area contributed by atoms with Crippen LogP contribution in [0.15, 0.2) is 11.6 Å². The highest BCUT2D eigenvalue weighted by molar-refractivity contribution is 5.99. The number of Topliss-reactive ketones (excluding diaryl/α,β-unsaturated/α-hetero) is 2. The standard InChI is InChI=1S/C30H42O5/c1-17(2)14-19(32)15-18(3)20-10-11-28(7)24-23(34)25-30(35-25)21(8-9-22(33)26(30,4)5)29(24,16-31)13-12-27(20,28)6/h14,16,18,20-21,24-25H,8-13,15H2,1-7H3/t18-,20-,21+,24+,25+,27-,28+,29-,30-/m1/s1. The number of hydrogen-bond acceptors (Lipinski definition) is 5. The summed E-state index contributed by atoms with van der Waals surface area (Å²) in [4.78, 5) is 52.9. The zero-order chi connectivity index (χ0) is 25.8. The summed E-state index contributed by atoms with van der Waals surface area (Å²) in [5.74, 6) is 0.443. The monoisotopic (exact) mass is 482 g/mol. The van der Waals surface area contributed by atoms with Crippen molar-refractivity contribution in [1.82, 2.24) is 0 Å². The number of carbonyl (C=O) groups is 4. The smallest absolute Gasteiger partial charge is 0.169 e. The molecule has 0 unspecified atom stereocenters. The van der Waals surface area contributed by atoms with Gasteiger partial charge in [0.2, 0.25) is 0 Å². The van der Waals surface area contributed by atoms with Gasteiger partial charge in [0.25, 0.3) is 0 Å². The van der Waals surface area contributed by atoms with Gasteiger partial charge in [-0.15, -0.1) is 0 Å². The van der Waals surface area contributed by atoms with Crippen LogP contribution >= 0.6 is 0 Å². The summed E-state index contributed by atoms with van der Waals surface area (Å²) in [5.41, 5.74) is -1.77. The van der Waals surface area contributed by atoms with Gasteiger partial charge in [0.05, 0.1) is 5.41 Å². The van der Waals surface area contributed by atoms with Crippen LogP contribution in [-0.2, 0) is 23.9 Å². The van der Waals surface area contributed by atoms with Gasteiger partial charge in [0.1, 0.15) is 23.8 Å². The number of rotatable bonds is 5. The van der Waals surface area contributed by atoms with Gasteiger partial charge in [-0.2, -0.15) is 0 Å². The normalized spacial score (nSPS) is 48.1. The van der Waals surface area contributed by atoms with Crippen molar-refractivity contribution in [2.45, 2.75) is 105 Å². The number of epoxide rings is 1. The molecule has 1 heterocycles. The van der Waals surface area contributed by atoms with Gasteiger partial charge in [0.15, 0.2) is 11.6 Å². The zero-order valence-corrected chi connectivity index (χ0v) is 22.5. The van der Waals surface area contributed by atoms with Gasteiger partial charge >= 0.3 is 0 Å². The van der Waals surface area contributed by atoms with E-state index in [9.17, 15) is 19.2 Å². The maximum absolute atomic E-state index is 14.2. The molecule has 0 bridgehead atoms. The summed E-state index contributed by atoms with van der Waals surface area (Å²) in [6, 6.07) is 0. The molecule has 1 spiro atoms. The quantitative estimate of drug-likeness (QED) is 0.302. The van der Waals surface area contributed by atoms with E-state index >= 15 is 0 Å². The molecule has 35 heavy (non-hydrogen) atoms. The van der Waals surface area contributed by atoms with Crippen molar-refractivity contribution < 1.29 is 23.9 Å². The van der Waals surface area contributed by atoms with Gasteiger partial charge in [-0.3, -0.25) is 14.4 Å². The molecule has 0 aromatic heterocycles. The Bertz CT molecular complexity index is 1040. The molecular formula is C30H42O5. The average Bonchev–Trinajstić information content (AvgIpc) is 3.45. The van der Waals surface area contributed by atoms with E-state index in [0.717, 1.165) is 31.1 Å². The number of hydrogen-bond donors (Lipinski definition) is 0. The van der Waals surface area contributed by atoms with Gasteiger partial charge < -0.3 is 9.53 Å². The first-order valence-corrected chi connectivity index (χ1v) is 13.6. The first-order valence-electron chi connectivity index (χ1n) is 13.6. The van der Waals surface area contributed by atoms with E-state index in [0.29, 0.717) is 31.6 Å². The third-order valence-electron chi connectivity index (χ3n) is 11.9. The first kappa shape index (κ1) is 25.0. The van der Waals surface area contributed by atoms with Crippen LogP contribution in [0.1, 0.15) is 93.4 Å². The van der Waals surface area contributed by atoms with Crippen LogP contribution in [0, 0.1) is 45.3 Å². The molecule has 0 aromatic rings. The van der Waals surface area contributed by atoms with Crippen LogP contribution in [0.5, 0.6) is 0 Å². The number of allylic oxidation sites excluding steroid dienone is 2. The summed E-state index contributed by atoms with van der Waals surface area (Å²) in [7, 11) is 0. The van der Waals surface area contributed by atoms with Crippen molar-refractivity contribution >= 4 is 23.6 Å². The minimum absolute atomic E-state index is 0.0541. The van der Waals surface area contributed by atoms with Crippen molar-refractivity contribution in [3.63, 3.8) is 0 Å². The van der Waals surface area contributed by atoms with Crippen LogP contribution in [-0.4, -0.2) is 35.3 Å². The zero-order valence-electron chi connectivity index (χ0n) is 22.5. The van der Waals surface area contributed by atoms with Gasteiger partial charge in [-0.1, -0.05) is 26.3 Å². The fraction of sp³-hybridized carbons (Fsp3) is 0.800. The number of fused-ring (bicyclic) bond motifs is 4. The Labute approximate surface area is 209 Å². The predicted molar refractivity (Wildman–Crippen MR) is 133 cm³/mol. The third-order valence-corrected chi connectivity index (χ3v) is 11.9.